The van der Waals surface area contributed by atoms with E-state index in [-0.39, 0.29) is 36.9 Å². The van der Waals surface area contributed by atoms with Gasteiger partial charge in [0, 0.05) is 24.4 Å². The molecule has 0 aliphatic heterocycles. The summed E-state index contributed by atoms with van der Waals surface area (Å²) in [6.07, 6.45) is 19.7. The van der Waals surface area contributed by atoms with Crippen molar-refractivity contribution in [1.82, 2.24) is 9.97 Å². The molecule has 48 heavy (non-hydrogen) atoms. The van der Waals surface area contributed by atoms with Crippen LogP contribution in [-0.2, 0) is 25.7 Å². The molecular formula is C42H58N2O4. The van der Waals surface area contributed by atoms with Crippen LogP contribution in [0.5, 0.6) is 0 Å². The fourth-order valence-electron chi connectivity index (χ4n) is 10.6. The van der Waals surface area contributed by atoms with Gasteiger partial charge in [-0.15, -0.1) is 0 Å². The quantitative estimate of drug-likeness (QED) is 0.167. The van der Waals surface area contributed by atoms with Gasteiger partial charge in [-0.1, -0.05) is 77.7 Å². The van der Waals surface area contributed by atoms with Crippen molar-refractivity contribution in [2.45, 2.75) is 131 Å². The van der Waals surface area contributed by atoms with Crippen LogP contribution in [0.15, 0.2) is 54.4 Å². The highest BCUT2D eigenvalue weighted by molar-refractivity contribution is 5.77. The van der Waals surface area contributed by atoms with E-state index in [1.807, 2.05) is 30.3 Å². The van der Waals surface area contributed by atoms with Crippen molar-refractivity contribution in [2.24, 2.45) is 46.3 Å². The van der Waals surface area contributed by atoms with Gasteiger partial charge in [0.05, 0.1) is 24.2 Å². The van der Waals surface area contributed by atoms with E-state index in [2.05, 4.69) is 50.7 Å². The Kier molecular flexibility index (Phi) is 10.8. The summed E-state index contributed by atoms with van der Waals surface area (Å²) < 4.78 is 11.4. The Morgan fingerprint density at radius 2 is 1.71 bits per heavy atom. The van der Waals surface area contributed by atoms with Crippen molar-refractivity contribution in [3.8, 4) is 11.4 Å². The molecule has 0 N–H and O–H groups in total. The number of carbonyl (C=O) groups is 2. The van der Waals surface area contributed by atoms with Gasteiger partial charge < -0.3 is 9.47 Å². The fraction of sp³-hybridized carbons (Fsp3) is 0.667. The lowest BCUT2D eigenvalue weighted by Crippen LogP contribution is -2.51. The second kappa shape index (κ2) is 14.8. The van der Waals surface area contributed by atoms with Crippen LogP contribution in [0, 0.1) is 46.3 Å². The van der Waals surface area contributed by atoms with Crippen LogP contribution in [0.3, 0.4) is 0 Å². The van der Waals surface area contributed by atoms with E-state index in [1.54, 1.807) is 12.4 Å². The number of carbonyl (C=O) groups excluding carboxylic acids is 2. The minimum atomic E-state index is -0.401. The summed E-state index contributed by atoms with van der Waals surface area (Å²) in [6.45, 7) is 12.6. The zero-order chi connectivity index (χ0) is 33.9. The number of allylic oxidation sites excluding steroid dienone is 1. The van der Waals surface area contributed by atoms with Crippen LogP contribution in [0.4, 0.5) is 0 Å². The lowest BCUT2D eigenvalue weighted by atomic mass is 9.47. The Balaban J connectivity index is 0.961. The van der Waals surface area contributed by atoms with E-state index in [0.717, 1.165) is 71.7 Å². The molecule has 0 amide bonds. The Bertz CT molecular complexity index is 1440. The molecule has 260 valence electrons. The molecule has 0 radical (unpaired) electrons. The van der Waals surface area contributed by atoms with Crippen molar-refractivity contribution in [3.05, 3.63) is 59.9 Å². The van der Waals surface area contributed by atoms with Crippen molar-refractivity contribution in [1.29, 1.82) is 0 Å². The Morgan fingerprint density at radius 3 is 2.46 bits per heavy atom. The van der Waals surface area contributed by atoms with E-state index in [0.29, 0.717) is 5.41 Å². The molecule has 4 aliphatic carbocycles. The standard InChI is InChI=1S/C42H58N2O4/c1-28(2)9-8-10-29(3)34-15-16-35-33-14-13-31-25-32(20-22-41(31,4)36(33)21-23-42(34,35)5)48-40(46)19-18-39(45)47-27-30-12-17-38(44-26-30)37-11-6-7-24-43-37/h6-7,11-13,17,24,26,28-29,32-36H,8-10,14-16,18-23,25,27H2,1-5H3/t29-,32+,33+,34-,35+,36+,41+,42-/m1/s1. The summed E-state index contributed by atoms with van der Waals surface area (Å²) in [5.41, 5.74) is 4.60. The van der Waals surface area contributed by atoms with Gasteiger partial charge in [0.1, 0.15) is 12.7 Å². The first kappa shape index (κ1) is 34.8. The van der Waals surface area contributed by atoms with Crippen molar-refractivity contribution in [3.63, 3.8) is 0 Å². The Hall–Kier alpha value is -3.02. The number of hydrogen-bond acceptors (Lipinski definition) is 6. The highest BCUT2D eigenvalue weighted by atomic mass is 16.5. The number of nitrogens with zero attached hydrogens (tertiary/aromatic N) is 2. The van der Waals surface area contributed by atoms with Gasteiger partial charge in [-0.05, 0) is 109 Å². The fourth-order valence-corrected chi connectivity index (χ4v) is 10.6. The summed E-state index contributed by atoms with van der Waals surface area (Å²) in [4.78, 5) is 34.0. The van der Waals surface area contributed by atoms with Crippen molar-refractivity contribution < 1.29 is 19.1 Å². The molecule has 6 heteroatoms. The first-order chi connectivity index (χ1) is 23.1. The van der Waals surface area contributed by atoms with Crippen LogP contribution in [0.1, 0.15) is 124 Å². The smallest absolute Gasteiger partial charge is 0.306 e. The maximum absolute atomic E-state index is 12.8. The van der Waals surface area contributed by atoms with Gasteiger partial charge in [0.15, 0.2) is 0 Å². The first-order valence-electron chi connectivity index (χ1n) is 19.0. The van der Waals surface area contributed by atoms with Crippen LogP contribution in [0.2, 0.25) is 0 Å². The Labute approximate surface area is 288 Å². The molecule has 0 unspecified atom stereocenters. The molecule has 0 aromatic carbocycles. The van der Waals surface area contributed by atoms with Gasteiger partial charge in [-0.2, -0.15) is 0 Å². The maximum atomic E-state index is 12.8. The molecule has 2 heterocycles. The molecular weight excluding hydrogens is 596 g/mol. The molecule has 0 spiro atoms. The van der Waals surface area contributed by atoms with Gasteiger partial charge >= 0.3 is 11.9 Å². The number of aromatic nitrogens is 2. The lowest BCUT2D eigenvalue weighted by molar-refractivity contribution is -0.155. The van der Waals surface area contributed by atoms with Gasteiger partial charge in [0.2, 0.25) is 0 Å². The van der Waals surface area contributed by atoms with Gasteiger partial charge in [0.25, 0.3) is 0 Å². The molecule has 0 bridgehead atoms. The monoisotopic (exact) mass is 654 g/mol. The minimum Gasteiger partial charge on any atom is -0.462 e. The molecule has 2 aromatic heterocycles. The summed E-state index contributed by atoms with van der Waals surface area (Å²) in [6, 6.07) is 9.44. The molecule has 6 nitrogen and oxygen atoms in total. The third-order valence-electron chi connectivity index (χ3n) is 13.2. The molecule has 3 fully saturated rings. The third kappa shape index (κ3) is 7.43. The van der Waals surface area contributed by atoms with Crippen LogP contribution >= 0.6 is 0 Å². The van der Waals surface area contributed by atoms with Crippen LogP contribution in [0.25, 0.3) is 11.4 Å². The molecule has 3 saturated carbocycles. The predicted octanol–water partition coefficient (Wildman–Crippen LogP) is 9.92. The average molecular weight is 655 g/mol. The Morgan fingerprint density at radius 1 is 0.896 bits per heavy atom. The topological polar surface area (TPSA) is 78.4 Å². The second-order valence-corrected chi connectivity index (χ2v) is 16.6. The number of hydrogen-bond donors (Lipinski definition) is 0. The summed E-state index contributed by atoms with van der Waals surface area (Å²) in [5.74, 6) is 4.21. The number of rotatable bonds is 12. The average Bonchev–Trinajstić information content (AvgIpc) is 3.44. The molecule has 2 aromatic rings. The molecule has 0 saturated heterocycles. The number of fused-ring (bicyclic) bond motifs is 5. The normalized spacial score (nSPS) is 31.6. The van der Waals surface area contributed by atoms with Gasteiger partial charge in [-0.25, -0.2) is 0 Å². The number of ether oxygens (including phenoxy) is 2. The number of esters is 2. The predicted molar refractivity (Wildman–Crippen MR) is 189 cm³/mol. The number of pyridine rings is 2. The van der Waals surface area contributed by atoms with E-state index in [9.17, 15) is 9.59 Å². The summed E-state index contributed by atoms with van der Waals surface area (Å²) in [5, 5.41) is 0. The van der Waals surface area contributed by atoms with Gasteiger partial charge in [-0.3, -0.25) is 19.6 Å². The third-order valence-corrected chi connectivity index (χ3v) is 13.2. The minimum absolute atomic E-state index is 0.0205. The molecule has 6 rings (SSSR count). The van der Waals surface area contributed by atoms with E-state index < -0.39 is 5.97 Å². The zero-order valence-electron chi connectivity index (χ0n) is 30.1. The van der Waals surface area contributed by atoms with Crippen molar-refractivity contribution in [2.75, 3.05) is 0 Å². The SMILES string of the molecule is CC(C)CCC[C@@H](C)[C@H]1CC[C@H]2[C@@H]3CC=C4C[C@@H](OC(=O)CCC(=O)OCc5ccc(-c6ccccn6)nc5)CC[C@]4(C)[C@H]3CC[C@]12C. The van der Waals surface area contributed by atoms with Crippen LogP contribution in [-0.4, -0.2) is 28.0 Å². The van der Waals surface area contributed by atoms with E-state index >= 15 is 0 Å². The van der Waals surface area contributed by atoms with E-state index in [4.69, 9.17) is 9.47 Å². The van der Waals surface area contributed by atoms with Crippen LogP contribution < -0.4 is 0 Å². The molecule has 8 atom stereocenters. The zero-order valence-corrected chi connectivity index (χ0v) is 30.1. The lowest BCUT2D eigenvalue weighted by Gasteiger charge is -2.58. The first-order valence-corrected chi connectivity index (χ1v) is 19.0. The van der Waals surface area contributed by atoms with Crippen molar-refractivity contribution >= 4 is 11.9 Å². The molecule has 4 aliphatic rings. The summed E-state index contributed by atoms with van der Waals surface area (Å²) >= 11 is 0. The summed E-state index contributed by atoms with van der Waals surface area (Å²) in [7, 11) is 0. The second-order valence-electron chi connectivity index (χ2n) is 16.6. The largest absolute Gasteiger partial charge is 0.462 e. The highest BCUT2D eigenvalue weighted by Gasteiger charge is 2.59. The highest BCUT2D eigenvalue weighted by Crippen LogP contribution is 2.67. The maximum Gasteiger partial charge on any atom is 0.306 e. The van der Waals surface area contributed by atoms with E-state index in [1.165, 1.54) is 56.9 Å².